The highest BCUT2D eigenvalue weighted by Crippen LogP contribution is 2.45. The Hall–Kier alpha value is -1.91. The Morgan fingerprint density at radius 3 is 3.05 bits per heavy atom. The first-order chi connectivity index (χ1) is 9.03. The zero-order chi connectivity index (χ0) is 13.6. The lowest BCUT2D eigenvalue weighted by molar-refractivity contribution is 0.140. The highest BCUT2D eigenvalue weighted by molar-refractivity contribution is 5.82. The molecule has 0 saturated heterocycles. The predicted octanol–water partition coefficient (Wildman–Crippen LogP) is 1.27. The SMILES string of the molecule is CC(C)CN1C(N)=NCC12COc1cc(O)ccc12. The first-order valence-corrected chi connectivity index (χ1v) is 6.57. The number of nitrogens with two attached hydrogens (primary N) is 1. The predicted molar refractivity (Wildman–Crippen MR) is 73.3 cm³/mol. The molecule has 102 valence electrons. The highest BCUT2D eigenvalue weighted by Gasteiger charge is 2.49. The van der Waals surface area contributed by atoms with E-state index in [0.717, 1.165) is 17.9 Å². The van der Waals surface area contributed by atoms with Crippen LogP contribution in [-0.4, -0.2) is 35.7 Å². The number of nitrogens with zero attached hydrogens (tertiary/aromatic N) is 2. The molecule has 19 heavy (non-hydrogen) atoms. The van der Waals surface area contributed by atoms with E-state index in [4.69, 9.17) is 10.5 Å². The molecule has 0 aromatic heterocycles. The first-order valence-electron chi connectivity index (χ1n) is 6.57. The van der Waals surface area contributed by atoms with Crippen LogP contribution in [0.15, 0.2) is 23.2 Å². The first kappa shape index (κ1) is 12.1. The molecule has 3 rings (SSSR count). The molecule has 1 aromatic rings. The van der Waals surface area contributed by atoms with E-state index in [1.807, 2.05) is 6.07 Å². The highest BCUT2D eigenvalue weighted by atomic mass is 16.5. The van der Waals surface area contributed by atoms with Crippen LogP contribution in [0.5, 0.6) is 11.5 Å². The van der Waals surface area contributed by atoms with Gasteiger partial charge in [0.05, 0.1) is 6.54 Å². The number of fused-ring (bicyclic) bond motifs is 2. The van der Waals surface area contributed by atoms with E-state index >= 15 is 0 Å². The standard InChI is InChI=1S/C14H19N3O2/c1-9(2)6-17-13(15)16-7-14(17)8-19-12-5-10(18)3-4-11(12)14/h3-5,9,18H,6-8H2,1-2H3,(H2,15,16). The molecule has 1 unspecified atom stereocenters. The fourth-order valence-corrected chi connectivity index (χ4v) is 2.88. The Morgan fingerprint density at radius 2 is 2.32 bits per heavy atom. The van der Waals surface area contributed by atoms with Crippen molar-refractivity contribution in [3.05, 3.63) is 23.8 Å². The van der Waals surface area contributed by atoms with Gasteiger partial charge in [-0.25, -0.2) is 0 Å². The fourth-order valence-electron chi connectivity index (χ4n) is 2.88. The number of phenolic OH excluding ortho intramolecular Hbond substituents is 1. The maximum absolute atomic E-state index is 9.54. The van der Waals surface area contributed by atoms with Crippen LogP contribution < -0.4 is 10.5 Å². The van der Waals surface area contributed by atoms with Gasteiger partial charge in [-0.15, -0.1) is 0 Å². The zero-order valence-electron chi connectivity index (χ0n) is 11.3. The molecule has 0 aliphatic carbocycles. The smallest absolute Gasteiger partial charge is 0.192 e. The van der Waals surface area contributed by atoms with Crippen LogP contribution in [0.25, 0.3) is 0 Å². The number of hydrogen-bond acceptors (Lipinski definition) is 5. The van der Waals surface area contributed by atoms with Gasteiger partial charge in [0.15, 0.2) is 5.96 Å². The van der Waals surface area contributed by atoms with E-state index in [-0.39, 0.29) is 11.3 Å². The van der Waals surface area contributed by atoms with E-state index in [2.05, 4.69) is 23.7 Å². The van der Waals surface area contributed by atoms with E-state index in [0.29, 0.717) is 25.0 Å². The molecule has 5 heteroatoms. The summed E-state index contributed by atoms with van der Waals surface area (Å²) in [6, 6.07) is 5.27. The Kier molecular flexibility index (Phi) is 2.59. The molecule has 0 fully saturated rings. The van der Waals surface area contributed by atoms with E-state index in [9.17, 15) is 5.11 Å². The minimum atomic E-state index is -0.294. The summed E-state index contributed by atoms with van der Waals surface area (Å²) in [5.41, 5.74) is 6.81. The summed E-state index contributed by atoms with van der Waals surface area (Å²) in [6.45, 7) is 6.31. The lowest BCUT2D eigenvalue weighted by Crippen LogP contribution is -2.51. The van der Waals surface area contributed by atoms with Crippen molar-refractivity contribution in [1.82, 2.24) is 4.90 Å². The van der Waals surface area contributed by atoms with Crippen LogP contribution in [0.3, 0.4) is 0 Å². The van der Waals surface area contributed by atoms with Crippen molar-refractivity contribution >= 4 is 5.96 Å². The molecule has 3 N–H and O–H groups in total. The van der Waals surface area contributed by atoms with Gasteiger partial charge < -0.3 is 20.5 Å². The van der Waals surface area contributed by atoms with Crippen LogP contribution in [-0.2, 0) is 5.54 Å². The number of benzene rings is 1. The summed E-state index contributed by atoms with van der Waals surface area (Å²) in [5, 5.41) is 9.54. The van der Waals surface area contributed by atoms with Crippen molar-refractivity contribution in [2.75, 3.05) is 19.7 Å². The van der Waals surface area contributed by atoms with Crippen molar-refractivity contribution in [2.24, 2.45) is 16.6 Å². The minimum Gasteiger partial charge on any atom is -0.508 e. The molecular formula is C14H19N3O2. The Labute approximate surface area is 112 Å². The summed E-state index contributed by atoms with van der Waals surface area (Å²) >= 11 is 0. The van der Waals surface area contributed by atoms with Gasteiger partial charge in [0.1, 0.15) is 23.6 Å². The largest absolute Gasteiger partial charge is 0.508 e. The van der Waals surface area contributed by atoms with Crippen LogP contribution in [0.2, 0.25) is 0 Å². The molecule has 0 bridgehead atoms. The maximum atomic E-state index is 9.54. The molecule has 0 saturated carbocycles. The van der Waals surface area contributed by atoms with Crippen molar-refractivity contribution in [1.29, 1.82) is 0 Å². The molecule has 5 nitrogen and oxygen atoms in total. The quantitative estimate of drug-likeness (QED) is 0.841. The van der Waals surface area contributed by atoms with Gasteiger partial charge in [0.2, 0.25) is 0 Å². The summed E-state index contributed by atoms with van der Waals surface area (Å²) in [4.78, 5) is 6.54. The minimum absolute atomic E-state index is 0.220. The average Bonchev–Trinajstić information content (AvgIpc) is 2.85. The number of guanidine groups is 1. The van der Waals surface area contributed by atoms with Gasteiger partial charge >= 0.3 is 0 Å². The second-order valence-corrected chi connectivity index (χ2v) is 5.68. The number of hydrogen-bond donors (Lipinski definition) is 2. The summed E-state index contributed by atoms with van der Waals surface area (Å²) < 4.78 is 5.75. The molecule has 1 atom stereocenters. The second-order valence-electron chi connectivity index (χ2n) is 5.68. The summed E-state index contributed by atoms with van der Waals surface area (Å²) in [7, 11) is 0. The van der Waals surface area contributed by atoms with E-state index < -0.39 is 0 Å². The number of phenols is 1. The van der Waals surface area contributed by atoms with Gasteiger partial charge in [-0.3, -0.25) is 4.99 Å². The Balaban J connectivity index is 2.02. The lowest BCUT2D eigenvalue weighted by Gasteiger charge is -2.36. The van der Waals surface area contributed by atoms with Gasteiger partial charge in [-0.2, -0.15) is 0 Å². The third-order valence-electron chi connectivity index (χ3n) is 3.78. The molecule has 0 amide bonds. The molecule has 1 spiro atoms. The second kappa shape index (κ2) is 4.05. The van der Waals surface area contributed by atoms with E-state index in [1.165, 1.54) is 0 Å². The number of rotatable bonds is 2. The van der Waals surface area contributed by atoms with Crippen molar-refractivity contribution in [2.45, 2.75) is 19.4 Å². The fraction of sp³-hybridized carbons (Fsp3) is 0.500. The van der Waals surface area contributed by atoms with Crippen LogP contribution >= 0.6 is 0 Å². The lowest BCUT2D eigenvalue weighted by atomic mass is 9.90. The van der Waals surface area contributed by atoms with Gasteiger partial charge in [-0.1, -0.05) is 13.8 Å². The summed E-state index contributed by atoms with van der Waals surface area (Å²) in [5.74, 6) is 2.03. The van der Waals surface area contributed by atoms with Crippen molar-refractivity contribution < 1.29 is 9.84 Å². The Bertz CT molecular complexity index is 541. The van der Waals surface area contributed by atoms with Gasteiger partial charge in [0.25, 0.3) is 0 Å². The Morgan fingerprint density at radius 1 is 1.53 bits per heavy atom. The molecule has 2 aliphatic heterocycles. The van der Waals surface area contributed by atoms with Gasteiger partial charge in [0, 0.05) is 18.2 Å². The average molecular weight is 261 g/mol. The molecule has 2 aliphatic rings. The van der Waals surface area contributed by atoms with Crippen LogP contribution in [0, 0.1) is 5.92 Å². The number of aromatic hydroxyl groups is 1. The van der Waals surface area contributed by atoms with Crippen LogP contribution in [0.1, 0.15) is 19.4 Å². The monoisotopic (exact) mass is 261 g/mol. The normalized spacial score (nSPS) is 24.8. The third-order valence-corrected chi connectivity index (χ3v) is 3.78. The number of aliphatic imine (C=N–C) groups is 1. The third kappa shape index (κ3) is 1.72. The van der Waals surface area contributed by atoms with Crippen molar-refractivity contribution in [3.63, 3.8) is 0 Å². The van der Waals surface area contributed by atoms with Gasteiger partial charge in [-0.05, 0) is 18.1 Å². The molecule has 2 heterocycles. The number of ether oxygens (including phenoxy) is 1. The maximum Gasteiger partial charge on any atom is 0.192 e. The van der Waals surface area contributed by atoms with E-state index in [1.54, 1.807) is 12.1 Å². The van der Waals surface area contributed by atoms with Crippen LogP contribution in [0.4, 0.5) is 0 Å². The molecule has 0 radical (unpaired) electrons. The topological polar surface area (TPSA) is 71.1 Å². The molecule has 1 aromatic carbocycles. The molecular weight excluding hydrogens is 242 g/mol. The summed E-state index contributed by atoms with van der Waals surface area (Å²) in [6.07, 6.45) is 0. The zero-order valence-corrected chi connectivity index (χ0v) is 11.3. The van der Waals surface area contributed by atoms with Crippen molar-refractivity contribution in [3.8, 4) is 11.5 Å².